The second-order valence-corrected chi connectivity index (χ2v) is 5.85. The van der Waals surface area contributed by atoms with Crippen LogP contribution < -0.4 is 21.5 Å². The number of nitrogens with two attached hydrogens (primary N) is 2. The molecular formula is C19H23N3O3. The summed E-state index contributed by atoms with van der Waals surface area (Å²) in [7, 11) is 0. The number of amides is 2. The zero-order chi connectivity index (χ0) is 18.2. The molecule has 0 heterocycles. The van der Waals surface area contributed by atoms with Crippen LogP contribution in [0.3, 0.4) is 0 Å². The third kappa shape index (κ3) is 5.61. The molecular weight excluding hydrogens is 318 g/mol. The predicted octanol–water partition coefficient (Wildman–Crippen LogP) is 1.50. The van der Waals surface area contributed by atoms with E-state index in [1.807, 2.05) is 36.4 Å². The summed E-state index contributed by atoms with van der Waals surface area (Å²) < 4.78 is 5.25. The van der Waals surface area contributed by atoms with Crippen molar-refractivity contribution in [2.75, 3.05) is 6.61 Å². The van der Waals surface area contributed by atoms with Gasteiger partial charge >= 0.3 is 0 Å². The molecule has 5 N–H and O–H groups in total. The Hall–Kier alpha value is -2.86. The lowest BCUT2D eigenvalue weighted by Gasteiger charge is -2.20. The third-order valence-electron chi connectivity index (χ3n) is 3.88. The Bertz CT molecular complexity index is 719. The van der Waals surface area contributed by atoms with Crippen molar-refractivity contribution in [3.8, 4) is 5.75 Å². The van der Waals surface area contributed by atoms with Crippen molar-refractivity contribution in [3.05, 3.63) is 65.7 Å². The van der Waals surface area contributed by atoms with Crippen molar-refractivity contribution in [3.63, 3.8) is 0 Å². The minimum Gasteiger partial charge on any atom is -0.484 e. The van der Waals surface area contributed by atoms with Crippen LogP contribution in [0.4, 0.5) is 0 Å². The van der Waals surface area contributed by atoms with Crippen LogP contribution in [-0.4, -0.2) is 18.4 Å². The van der Waals surface area contributed by atoms with E-state index in [1.54, 1.807) is 25.1 Å². The van der Waals surface area contributed by atoms with Gasteiger partial charge < -0.3 is 21.5 Å². The van der Waals surface area contributed by atoms with Gasteiger partial charge in [0.1, 0.15) is 5.75 Å². The van der Waals surface area contributed by atoms with Crippen LogP contribution >= 0.6 is 0 Å². The molecule has 2 amide bonds. The first kappa shape index (κ1) is 18.5. The molecule has 2 aromatic rings. The van der Waals surface area contributed by atoms with Gasteiger partial charge in [-0.25, -0.2) is 0 Å². The Morgan fingerprint density at radius 2 is 1.84 bits per heavy atom. The van der Waals surface area contributed by atoms with Crippen LogP contribution in [0.25, 0.3) is 0 Å². The van der Waals surface area contributed by atoms with Gasteiger partial charge in [0.15, 0.2) is 6.61 Å². The SMILES string of the molecule is CC(C(=O)NCc1cccc(OCC(N)=O)c1)C(N)c1ccccc1. The molecule has 0 aromatic heterocycles. The molecule has 2 atom stereocenters. The molecule has 0 aliphatic heterocycles. The molecule has 132 valence electrons. The van der Waals surface area contributed by atoms with Gasteiger partial charge in [0.05, 0.1) is 5.92 Å². The number of rotatable bonds is 8. The topological polar surface area (TPSA) is 107 Å². The summed E-state index contributed by atoms with van der Waals surface area (Å²) in [4.78, 5) is 23.1. The molecule has 0 aliphatic rings. The first-order valence-electron chi connectivity index (χ1n) is 8.05. The van der Waals surface area contributed by atoms with Crippen LogP contribution in [0.5, 0.6) is 5.75 Å². The maximum absolute atomic E-state index is 12.3. The molecule has 6 heteroatoms. The lowest BCUT2D eigenvalue weighted by molar-refractivity contribution is -0.125. The minimum absolute atomic E-state index is 0.125. The van der Waals surface area contributed by atoms with Gasteiger partial charge in [0, 0.05) is 12.6 Å². The summed E-state index contributed by atoms with van der Waals surface area (Å²) >= 11 is 0. The fourth-order valence-corrected chi connectivity index (χ4v) is 2.38. The fraction of sp³-hybridized carbons (Fsp3) is 0.263. The Balaban J connectivity index is 1.91. The molecule has 2 unspecified atom stereocenters. The lowest BCUT2D eigenvalue weighted by Crippen LogP contribution is -2.35. The van der Waals surface area contributed by atoms with Crippen molar-refractivity contribution in [2.45, 2.75) is 19.5 Å². The maximum Gasteiger partial charge on any atom is 0.255 e. The van der Waals surface area contributed by atoms with E-state index in [0.29, 0.717) is 12.3 Å². The van der Waals surface area contributed by atoms with E-state index in [2.05, 4.69) is 5.32 Å². The van der Waals surface area contributed by atoms with Gasteiger partial charge in [-0.05, 0) is 23.3 Å². The zero-order valence-electron chi connectivity index (χ0n) is 14.1. The highest BCUT2D eigenvalue weighted by Gasteiger charge is 2.21. The number of carbonyl (C=O) groups excluding carboxylic acids is 2. The van der Waals surface area contributed by atoms with E-state index in [0.717, 1.165) is 11.1 Å². The second kappa shape index (κ2) is 8.84. The molecule has 25 heavy (non-hydrogen) atoms. The van der Waals surface area contributed by atoms with E-state index in [1.165, 1.54) is 0 Å². The average molecular weight is 341 g/mol. The van der Waals surface area contributed by atoms with Crippen molar-refractivity contribution in [1.82, 2.24) is 5.32 Å². The van der Waals surface area contributed by atoms with Gasteiger partial charge in [-0.1, -0.05) is 49.4 Å². The molecule has 0 spiro atoms. The smallest absolute Gasteiger partial charge is 0.255 e. The fourth-order valence-electron chi connectivity index (χ4n) is 2.38. The van der Waals surface area contributed by atoms with Crippen molar-refractivity contribution in [2.24, 2.45) is 17.4 Å². The van der Waals surface area contributed by atoms with E-state index in [-0.39, 0.29) is 24.5 Å². The number of carbonyl (C=O) groups is 2. The van der Waals surface area contributed by atoms with Crippen molar-refractivity contribution in [1.29, 1.82) is 0 Å². The Kier molecular flexibility index (Phi) is 6.54. The lowest BCUT2D eigenvalue weighted by atomic mass is 9.94. The van der Waals surface area contributed by atoms with Crippen LogP contribution in [-0.2, 0) is 16.1 Å². The zero-order valence-corrected chi connectivity index (χ0v) is 14.1. The van der Waals surface area contributed by atoms with Crippen LogP contribution in [0, 0.1) is 5.92 Å². The maximum atomic E-state index is 12.3. The van der Waals surface area contributed by atoms with Crippen LogP contribution in [0.1, 0.15) is 24.1 Å². The Labute approximate surface area is 147 Å². The Morgan fingerprint density at radius 1 is 1.12 bits per heavy atom. The molecule has 0 saturated carbocycles. The van der Waals surface area contributed by atoms with E-state index in [4.69, 9.17) is 16.2 Å². The average Bonchev–Trinajstić information content (AvgIpc) is 2.64. The van der Waals surface area contributed by atoms with E-state index < -0.39 is 5.91 Å². The summed E-state index contributed by atoms with van der Waals surface area (Å²) in [6.45, 7) is 1.97. The Morgan fingerprint density at radius 3 is 2.52 bits per heavy atom. The van der Waals surface area contributed by atoms with E-state index in [9.17, 15) is 9.59 Å². The normalized spacial score (nSPS) is 12.9. The first-order chi connectivity index (χ1) is 12.0. The molecule has 0 bridgehead atoms. The standard InChI is InChI=1S/C19H23N3O3/c1-13(18(21)15-7-3-2-4-8-15)19(24)22-11-14-6-5-9-16(10-14)25-12-17(20)23/h2-10,13,18H,11-12,21H2,1H3,(H2,20,23)(H,22,24). The van der Waals surface area contributed by atoms with Crippen LogP contribution in [0.2, 0.25) is 0 Å². The van der Waals surface area contributed by atoms with E-state index >= 15 is 0 Å². The summed E-state index contributed by atoms with van der Waals surface area (Å²) in [6.07, 6.45) is 0. The molecule has 2 rings (SSSR count). The van der Waals surface area contributed by atoms with Crippen molar-refractivity contribution < 1.29 is 14.3 Å². The molecule has 6 nitrogen and oxygen atoms in total. The molecule has 0 radical (unpaired) electrons. The summed E-state index contributed by atoms with van der Waals surface area (Å²) in [6, 6.07) is 16.3. The van der Waals surface area contributed by atoms with Gasteiger partial charge in [0.25, 0.3) is 5.91 Å². The predicted molar refractivity (Wildman–Crippen MR) is 95.5 cm³/mol. The number of ether oxygens (including phenoxy) is 1. The third-order valence-corrected chi connectivity index (χ3v) is 3.88. The number of primary amides is 1. The minimum atomic E-state index is -0.539. The monoisotopic (exact) mass is 341 g/mol. The highest BCUT2D eigenvalue weighted by Crippen LogP contribution is 2.19. The number of benzene rings is 2. The summed E-state index contributed by atoms with van der Waals surface area (Å²) in [5.41, 5.74) is 13.0. The van der Waals surface area contributed by atoms with Crippen LogP contribution in [0.15, 0.2) is 54.6 Å². The highest BCUT2D eigenvalue weighted by molar-refractivity contribution is 5.79. The van der Waals surface area contributed by atoms with Gasteiger partial charge in [-0.2, -0.15) is 0 Å². The van der Waals surface area contributed by atoms with Crippen molar-refractivity contribution >= 4 is 11.8 Å². The van der Waals surface area contributed by atoms with Gasteiger partial charge in [-0.15, -0.1) is 0 Å². The van der Waals surface area contributed by atoms with Gasteiger partial charge in [0.2, 0.25) is 5.91 Å². The second-order valence-electron chi connectivity index (χ2n) is 5.85. The quantitative estimate of drug-likeness (QED) is 0.676. The molecule has 0 fully saturated rings. The first-order valence-corrected chi connectivity index (χ1v) is 8.05. The number of hydrogen-bond acceptors (Lipinski definition) is 4. The molecule has 2 aromatic carbocycles. The number of hydrogen-bond donors (Lipinski definition) is 3. The number of nitrogens with one attached hydrogen (secondary N) is 1. The molecule has 0 aliphatic carbocycles. The summed E-state index contributed by atoms with van der Waals surface area (Å²) in [5.74, 6) is -0.501. The highest BCUT2D eigenvalue weighted by atomic mass is 16.5. The summed E-state index contributed by atoms with van der Waals surface area (Å²) in [5, 5.41) is 2.88. The largest absolute Gasteiger partial charge is 0.484 e. The molecule has 0 saturated heterocycles. The van der Waals surface area contributed by atoms with Gasteiger partial charge in [-0.3, -0.25) is 9.59 Å².